The van der Waals surface area contributed by atoms with Gasteiger partial charge in [0.15, 0.2) is 0 Å². The molecule has 0 saturated heterocycles. The molecule has 0 saturated carbocycles. The quantitative estimate of drug-likeness (QED) is 0.740. The van der Waals surface area contributed by atoms with E-state index < -0.39 is 0 Å². The molecule has 0 fully saturated rings. The van der Waals surface area contributed by atoms with Crippen LogP contribution in [0.1, 0.15) is 21.5 Å². The number of amides is 1. The third-order valence-electron chi connectivity index (χ3n) is 4.32. The van der Waals surface area contributed by atoms with Gasteiger partial charge >= 0.3 is 0 Å². The minimum absolute atomic E-state index is 0.0134. The van der Waals surface area contributed by atoms with Gasteiger partial charge in [0.2, 0.25) is 0 Å². The highest BCUT2D eigenvalue weighted by molar-refractivity contribution is 6.24. The van der Waals surface area contributed by atoms with Crippen LogP contribution in [0, 0.1) is 6.92 Å². The normalized spacial score (nSPS) is 13.0. The van der Waals surface area contributed by atoms with Crippen molar-refractivity contribution in [1.82, 2.24) is 4.98 Å². The van der Waals surface area contributed by atoms with E-state index in [1.807, 2.05) is 55.6 Å². The Morgan fingerprint density at radius 2 is 1.91 bits per heavy atom. The molecule has 1 aromatic heterocycles. The van der Waals surface area contributed by atoms with E-state index in [1.165, 1.54) is 0 Å². The van der Waals surface area contributed by atoms with Crippen LogP contribution in [-0.2, 0) is 6.54 Å². The van der Waals surface area contributed by atoms with Gasteiger partial charge in [-0.3, -0.25) is 9.69 Å². The van der Waals surface area contributed by atoms with Gasteiger partial charge in [0.25, 0.3) is 5.91 Å². The van der Waals surface area contributed by atoms with Crippen molar-refractivity contribution < 1.29 is 9.53 Å². The number of aryl methyl sites for hydroxylation is 1. The predicted octanol–water partition coefficient (Wildman–Crippen LogP) is 3.71. The third-order valence-corrected chi connectivity index (χ3v) is 4.32. The average Bonchev–Trinajstić information content (AvgIpc) is 2.86. The summed E-state index contributed by atoms with van der Waals surface area (Å²) in [5.74, 6) is 1.57. The molecule has 4 rings (SSSR count). The summed E-state index contributed by atoms with van der Waals surface area (Å²) in [6, 6.07) is 13.6. The first-order valence-corrected chi connectivity index (χ1v) is 7.52. The molecule has 0 aliphatic carbocycles. The summed E-state index contributed by atoms with van der Waals surface area (Å²) in [5.41, 5.74) is 2.87. The number of anilines is 1. The van der Waals surface area contributed by atoms with Gasteiger partial charge in [-0.1, -0.05) is 24.3 Å². The molecule has 114 valence electrons. The van der Waals surface area contributed by atoms with Crippen LogP contribution in [0.2, 0.25) is 0 Å². The van der Waals surface area contributed by atoms with Gasteiger partial charge in [0, 0.05) is 11.6 Å². The highest BCUT2D eigenvalue weighted by Gasteiger charge is 2.31. The largest absolute Gasteiger partial charge is 0.497 e. The Hall–Kier alpha value is -2.88. The number of aromatic nitrogens is 1. The average molecular weight is 304 g/mol. The molecule has 0 unspecified atom stereocenters. The highest BCUT2D eigenvalue weighted by atomic mass is 16.5. The Morgan fingerprint density at radius 1 is 1.13 bits per heavy atom. The van der Waals surface area contributed by atoms with Crippen LogP contribution in [0.25, 0.3) is 10.8 Å². The molecule has 23 heavy (non-hydrogen) atoms. The van der Waals surface area contributed by atoms with Gasteiger partial charge in [-0.15, -0.1) is 0 Å². The molecule has 0 N–H and O–H groups in total. The molecule has 1 aliphatic heterocycles. The van der Waals surface area contributed by atoms with Crippen molar-refractivity contribution in [3.8, 4) is 5.75 Å². The van der Waals surface area contributed by atoms with Crippen molar-refractivity contribution in [2.75, 3.05) is 12.0 Å². The van der Waals surface area contributed by atoms with Crippen molar-refractivity contribution in [3.05, 3.63) is 65.4 Å². The summed E-state index contributed by atoms with van der Waals surface area (Å²) in [5, 5.41) is 2.06. The van der Waals surface area contributed by atoms with Gasteiger partial charge in [0.1, 0.15) is 11.6 Å². The van der Waals surface area contributed by atoms with Crippen molar-refractivity contribution in [3.63, 3.8) is 0 Å². The monoisotopic (exact) mass is 304 g/mol. The molecule has 4 heteroatoms. The second-order valence-electron chi connectivity index (χ2n) is 5.73. The smallest absolute Gasteiger partial charge is 0.260 e. The Morgan fingerprint density at radius 3 is 2.65 bits per heavy atom. The summed E-state index contributed by atoms with van der Waals surface area (Å²) in [6.45, 7) is 2.52. The lowest BCUT2D eigenvalue weighted by Gasteiger charge is -2.17. The van der Waals surface area contributed by atoms with Crippen LogP contribution < -0.4 is 9.64 Å². The lowest BCUT2D eigenvalue weighted by atomic mass is 10.0. The lowest BCUT2D eigenvalue weighted by molar-refractivity contribution is 0.0991. The van der Waals surface area contributed by atoms with Crippen LogP contribution in [0.3, 0.4) is 0 Å². The number of carbonyl (C=O) groups excluding carboxylic acids is 1. The first-order chi connectivity index (χ1) is 11.2. The fourth-order valence-electron chi connectivity index (χ4n) is 3.10. The first kappa shape index (κ1) is 13.8. The van der Waals surface area contributed by atoms with Gasteiger partial charge in [0.05, 0.1) is 19.2 Å². The van der Waals surface area contributed by atoms with E-state index in [-0.39, 0.29) is 5.91 Å². The first-order valence-electron chi connectivity index (χ1n) is 7.52. The van der Waals surface area contributed by atoms with E-state index in [1.54, 1.807) is 12.0 Å². The van der Waals surface area contributed by atoms with Gasteiger partial charge in [-0.05, 0) is 41.6 Å². The summed E-state index contributed by atoms with van der Waals surface area (Å²) in [6.07, 6.45) is 1.83. The second kappa shape index (κ2) is 5.09. The molecular weight excluding hydrogens is 288 g/mol. The minimum atomic E-state index is 0.0134. The molecule has 0 bridgehead atoms. The Balaban J connectivity index is 1.77. The van der Waals surface area contributed by atoms with Crippen LogP contribution >= 0.6 is 0 Å². The molecule has 2 aromatic carbocycles. The summed E-state index contributed by atoms with van der Waals surface area (Å²) in [4.78, 5) is 19.0. The fraction of sp³-hybridized carbons (Fsp3) is 0.158. The summed E-state index contributed by atoms with van der Waals surface area (Å²) < 4.78 is 5.18. The van der Waals surface area contributed by atoms with Crippen molar-refractivity contribution in [1.29, 1.82) is 0 Å². The van der Waals surface area contributed by atoms with E-state index in [9.17, 15) is 4.79 Å². The summed E-state index contributed by atoms with van der Waals surface area (Å²) >= 11 is 0. The van der Waals surface area contributed by atoms with Gasteiger partial charge in [-0.25, -0.2) is 4.98 Å². The number of ether oxygens (including phenoxy) is 1. The van der Waals surface area contributed by atoms with Crippen LogP contribution in [0.5, 0.6) is 5.75 Å². The fourth-order valence-corrected chi connectivity index (χ4v) is 3.10. The summed E-state index contributed by atoms with van der Waals surface area (Å²) in [7, 11) is 1.64. The SMILES string of the molecule is COc1ccc(CN2C(=O)c3cccc4c(C)cnc2c34)cc1. The Bertz CT molecular complexity index is 917. The number of hydrogen-bond donors (Lipinski definition) is 0. The van der Waals surface area contributed by atoms with Gasteiger partial charge in [-0.2, -0.15) is 0 Å². The van der Waals surface area contributed by atoms with Crippen LogP contribution in [0.15, 0.2) is 48.7 Å². The number of pyridine rings is 1. The second-order valence-corrected chi connectivity index (χ2v) is 5.73. The maximum Gasteiger partial charge on any atom is 0.260 e. The molecule has 0 atom stereocenters. The maximum absolute atomic E-state index is 12.8. The lowest BCUT2D eigenvalue weighted by Crippen LogP contribution is -2.26. The molecule has 1 amide bonds. The molecule has 3 aromatic rings. The molecular formula is C19H16N2O2. The van der Waals surface area contributed by atoms with Crippen LogP contribution in [0.4, 0.5) is 5.82 Å². The van der Waals surface area contributed by atoms with E-state index in [0.717, 1.165) is 39.0 Å². The molecule has 1 aliphatic rings. The maximum atomic E-state index is 12.8. The Kier molecular flexibility index (Phi) is 3.05. The number of methoxy groups -OCH3 is 1. The molecule has 0 radical (unpaired) electrons. The zero-order chi connectivity index (χ0) is 16.0. The number of hydrogen-bond acceptors (Lipinski definition) is 3. The Labute approximate surface area is 134 Å². The molecule has 2 heterocycles. The number of carbonyl (C=O) groups is 1. The van der Waals surface area contributed by atoms with E-state index in [4.69, 9.17) is 4.74 Å². The topological polar surface area (TPSA) is 42.4 Å². The zero-order valence-corrected chi connectivity index (χ0v) is 13.0. The van der Waals surface area contributed by atoms with E-state index in [2.05, 4.69) is 4.98 Å². The third kappa shape index (κ3) is 2.06. The van der Waals surface area contributed by atoms with Gasteiger partial charge < -0.3 is 4.74 Å². The van der Waals surface area contributed by atoms with Crippen molar-refractivity contribution >= 4 is 22.5 Å². The van der Waals surface area contributed by atoms with E-state index >= 15 is 0 Å². The van der Waals surface area contributed by atoms with Crippen molar-refractivity contribution in [2.45, 2.75) is 13.5 Å². The highest BCUT2D eigenvalue weighted by Crippen LogP contribution is 2.37. The molecule has 4 nitrogen and oxygen atoms in total. The number of nitrogens with zero attached hydrogens (tertiary/aromatic N) is 2. The number of rotatable bonds is 3. The number of benzene rings is 2. The standard InChI is InChI=1S/C19H16N2O2/c1-12-10-20-18-17-15(12)4-3-5-16(17)19(22)21(18)11-13-6-8-14(23-2)9-7-13/h3-10H,11H2,1-2H3. The molecule has 0 spiro atoms. The zero-order valence-electron chi connectivity index (χ0n) is 13.0. The minimum Gasteiger partial charge on any atom is -0.497 e. The van der Waals surface area contributed by atoms with E-state index in [0.29, 0.717) is 6.54 Å². The predicted molar refractivity (Wildman–Crippen MR) is 90.0 cm³/mol. The van der Waals surface area contributed by atoms with Crippen LogP contribution in [-0.4, -0.2) is 18.0 Å². The van der Waals surface area contributed by atoms with Crippen molar-refractivity contribution in [2.24, 2.45) is 0 Å².